The number of nitrogens with one attached hydrogen (secondary N) is 1. The number of likely N-dealkylation sites (tertiary alicyclic amines) is 1. The molecule has 10 nitrogen and oxygen atoms in total. The Morgan fingerprint density at radius 3 is 2.37 bits per heavy atom. The highest BCUT2D eigenvalue weighted by atomic mass is 16.6. The average Bonchev–Trinajstić information content (AvgIpc) is 3.53. The number of anilines is 1. The molecule has 180 valence electrons. The first kappa shape index (κ1) is 22.6. The Hall–Kier alpha value is -4.21. The number of carbonyl (C=O) groups excluding carboxylic acids is 2. The molecule has 1 aliphatic carbocycles. The highest BCUT2D eigenvalue weighted by Gasteiger charge is 2.36. The number of carboxylic acids is 1. The lowest BCUT2D eigenvalue weighted by Crippen LogP contribution is -2.30. The zero-order chi connectivity index (χ0) is 24.5. The Balaban J connectivity index is 1.24. The zero-order valence-electron chi connectivity index (χ0n) is 19.0. The molecule has 1 saturated heterocycles. The number of benzene rings is 2. The highest BCUT2D eigenvalue weighted by Crippen LogP contribution is 2.44. The average molecular weight is 476 g/mol. The topological polar surface area (TPSA) is 135 Å². The van der Waals surface area contributed by atoms with Crippen LogP contribution in [0.4, 0.5) is 10.6 Å². The summed E-state index contributed by atoms with van der Waals surface area (Å²) in [5.74, 6) is -1.77. The Labute approximate surface area is 200 Å². The third-order valence-corrected chi connectivity index (χ3v) is 6.75. The van der Waals surface area contributed by atoms with E-state index in [1.165, 1.54) is 4.90 Å². The monoisotopic (exact) mass is 476 g/mol. The molecule has 2 aliphatic rings. The zero-order valence-corrected chi connectivity index (χ0v) is 19.0. The maximum atomic E-state index is 13.0. The fraction of sp³-hybridized carbons (Fsp3) is 0.320. The number of carbonyl (C=O) groups is 3. The Morgan fingerprint density at radius 2 is 1.71 bits per heavy atom. The van der Waals surface area contributed by atoms with Gasteiger partial charge in [-0.05, 0) is 44.4 Å². The largest absolute Gasteiger partial charge is 0.481 e. The molecule has 3 aromatic rings. The number of ether oxygens (including phenoxy) is 1. The molecule has 2 atom stereocenters. The molecule has 1 aliphatic heterocycles. The van der Waals surface area contributed by atoms with Crippen LogP contribution < -0.4 is 5.32 Å². The molecular weight excluding hydrogens is 452 g/mol. The van der Waals surface area contributed by atoms with Crippen LogP contribution in [0.5, 0.6) is 0 Å². The van der Waals surface area contributed by atoms with E-state index in [9.17, 15) is 14.4 Å². The van der Waals surface area contributed by atoms with Crippen molar-refractivity contribution in [2.45, 2.75) is 19.3 Å². The number of hydrogen-bond donors (Lipinski definition) is 2. The number of aliphatic carboxylic acids is 1. The second-order valence-electron chi connectivity index (χ2n) is 8.96. The summed E-state index contributed by atoms with van der Waals surface area (Å²) in [4.78, 5) is 38.1. The molecule has 0 spiro atoms. The van der Waals surface area contributed by atoms with Crippen molar-refractivity contribution in [1.82, 2.24) is 15.2 Å². The van der Waals surface area contributed by atoms with Gasteiger partial charge < -0.3 is 14.7 Å². The lowest BCUT2D eigenvalue weighted by Gasteiger charge is -2.15. The minimum Gasteiger partial charge on any atom is -0.481 e. The van der Waals surface area contributed by atoms with Crippen molar-refractivity contribution in [2.75, 3.05) is 25.0 Å². The summed E-state index contributed by atoms with van der Waals surface area (Å²) >= 11 is 0. The van der Waals surface area contributed by atoms with Crippen molar-refractivity contribution in [3.63, 3.8) is 0 Å². The standard InChI is InChI=1S/C25H24N4O6/c1-14-11-29(12-15(14)10-21(30)31)24(32)22-23(28-35-27-22)26-25(33)34-13-20-18-8-4-2-6-16(18)17-7-3-5-9-19(17)20/h2-9,14-15,20H,10-13H2,1H3,(H,30,31)(H,26,28,33). The first-order valence-corrected chi connectivity index (χ1v) is 11.4. The molecule has 1 aromatic heterocycles. The number of nitrogens with zero attached hydrogens (tertiary/aromatic N) is 3. The van der Waals surface area contributed by atoms with E-state index < -0.39 is 18.0 Å². The molecule has 2 amide bonds. The number of amides is 2. The molecule has 2 aromatic carbocycles. The van der Waals surface area contributed by atoms with Gasteiger partial charge in [0.1, 0.15) is 6.61 Å². The van der Waals surface area contributed by atoms with Crippen LogP contribution in [0.1, 0.15) is 40.9 Å². The first-order valence-electron chi connectivity index (χ1n) is 11.4. The third kappa shape index (κ3) is 4.34. The van der Waals surface area contributed by atoms with Gasteiger partial charge in [0.15, 0.2) is 0 Å². The minimum atomic E-state index is -0.906. The van der Waals surface area contributed by atoms with E-state index in [1.807, 2.05) is 55.5 Å². The number of carboxylic acid groups (broad SMARTS) is 1. The lowest BCUT2D eigenvalue weighted by atomic mass is 9.95. The summed E-state index contributed by atoms with van der Waals surface area (Å²) < 4.78 is 10.2. The van der Waals surface area contributed by atoms with E-state index in [4.69, 9.17) is 14.5 Å². The summed E-state index contributed by atoms with van der Waals surface area (Å²) in [6, 6.07) is 16.0. The molecule has 0 radical (unpaired) electrons. The van der Waals surface area contributed by atoms with Gasteiger partial charge in [-0.2, -0.15) is 0 Å². The summed E-state index contributed by atoms with van der Waals surface area (Å²) in [5.41, 5.74) is 4.25. The van der Waals surface area contributed by atoms with Crippen LogP contribution in [0.3, 0.4) is 0 Å². The predicted molar refractivity (Wildman–Crippen MR) is 124 cm³/mol. The summed E-state index contributed by atoms with van der Waals surface area (Å²) in [6.45, 7) is 2.67. The smallest absolute Gasteiger partial charge is 0.412 e. The van der Waals surface area contributed by atoms with E-state index in [-0.39, 0.29) is 48.8 Å². The van der Waals surface area contributed by atoms with Crippen molar-refractivity contribution in [2.24, 2.45) is 11.8 Å². The molecule has 0 saturated carbocycles. The van der Waals surface area contributed by atoms with Crippen molar-refractivity contribution >= 4 is 23.8 Å². The van der Waals surface area contributed by atoms with Gasteiger partial charge in [0.25, 0.3) is 5.91 Å². The van der Waals surface area contributed by atoms with E-state index in [0.717, 1.165) is 22.3 Å². The van der Waals surface area contributed by atoms with Crippen LogP contribution in [0.2, 0.25) is 0 Å². The van der Waals surface area contributed by atoms with Crippen molar-refractivity contribution in [3.8, 4) is 11.1 Å². The molecule has 5 rings (SSSR count). The molecule has 10 heteroatoms. The van der Waals surface area contributed by atoms with E-state index in [1.54, 1.807) is 0 Å². The van der Waals surface area contributed by atoms with Gasteiger partial charge in [-0.25, -0.2) is 9.42 Å². The van der Waals surface area contributed by atoms with Crippen molar-refractivity contribution in [3.05, 3.63) is 65.4 Å². The van der Waals surface area contributed by atoms with E-state index in [0.29, 0.717) is 6.54 Å². The molecule has 2 unspecified atom stereocenters. The van der Waals surface area contributed by atoms with Crippen molar-refractivity contribution in [1.29, 1.82) is 0 Å². The SMILES string of the molecule is CC1CN(C(=O)c2nonc2NC(=O)OCC2c3ccccc3-c3ccccc32)CC1CC(=O)O. The highest BCUT2D eigenvalue weighted by molar-refractivity contribution is 5.99. The normalized spacial score (nSPS) is 18.7. The summed E-state index contributed by atoms with van der Waals surface area (Å²) in [6.07, 6.45) is -0.803. The Kier molecular flexibility index (Phi) is 5.94. The third-order valence-electron chi connectivity index (χ3n) is 6.75. The molecule has 0 bridgehead atoms. The van der Waals surface area contributed by atoms with Crippen LogP contribution in [0.25, 0.3) is 11.1 Å². The van der Waals surface area contributed by atoms with Crippen LogP contribution in [-0.4, -0.2) is 58.0 Å². The predicted octanol–water partition coefficient (Wildman–Crippen LogP) is 3.61. The molecule has 1 fully saturated rings. The fourth-order valence-corrected chi connectivity index (χ4v) is 4.98. The second kappa shape index (κ2) is 9.21. The first-order chi connectivity index (χ1) is 16.9. The number of rotatable bonds is 6. The summed E-state index contributed by atoms with van der Waals surface area (Å²) in [7, 11) is 0. The van der Waals surface area contributed by atoms with Crippen LogP contribution in [0.15, 0.2) is 53.2 Å². The van der Waals surface area contributed by atoms with Crippen LogP contribution >= 0.6 is 0 Å². The van der Waals surface area contributed by atoms with Crippen LogP contribution in [0, 0.1) is 11.8 Å². The molecular formula is C25H24N4O6. The number of aromatic nitrogens is 2. The van der Waals surface area contributed by atoms with E-state index >= 15 is 0 Å². The van der Waals surface area contributed by atoms with Crippen LogP contribution in [-0.2, 0) is 9.53 Å². The van der Waals surface area contributed by atoms with Gasteiger partial charge in [-0.3, -0.25) is 14.9 Å². The van der Waals surface area contributed by atoms with Gasteiger partial charge in [-0.1, -0.05) is 55.5 Å². The van der Waals surface area contributed by atoms with Crippen molar-refractivity contribution < 1.29 is 28.9 Å². The maximum Gasteiger partial charge on any atom is 0.412 e. The van der Waals surface area contributed by atoms with E-state index in [2.05, 4.69) is 15.6 Å². The van der Waals surface area contributed by atoms with Gasteiger partial charge >= 0.3 is 12.1 Å². The maximum absolute atomic E-state index is 13.0. The van der Waals surface area contributed by atoms with Gasteiger partial charge in [0.2, 0.25) is 11.5 Å². The van der Waals surface area contributed by atoms with Gasteiger partial charge in [0.05, 0.1) is 6.42 Å². The quantitative estimate of drug-likeness (QED) is 0.551. The van der Waals surface area contributed by atoms with Gasteiger partial charge in [-0.15, -0.1) is 0 Å². The Bertz CT molecular complexity index is 1240. The second-order valence-corrected chi connectivity index (χ2v) is 8.96. The number of fused-ring (bicyclic) bond motifs is 3. The summed E-state index contributed by atoms with van der Waals surface area (Å²) in [5, 5.41) is 18.8. The lowest BCUT2D eigenvalue weighted by molar-refractivity contribution is -0.138. The molecule has 35 heavy (non-hydrogen) atoms. The minimum absolute atomic E-state index is 0.0210. The van der Waals surface area contributed by atoms with Gasteiger partial charge in [0, 0.05) is 19.0 Å². The molecule has 2 heterocycles. The number of hydrogen-bond acceptors (Lipinski definition) is 7. The Morgan fingerprint density at radius 1 is 1.06 bits per heavy atom. The molecule has 2 N–H and O–H groups in total. The fourth-order valence-electron chi connectivity index (χ4n) is 4.98.